The fourth-order valence-electron chi connectivity index (χ4n) is 3.14. The van der Waals surface area contributed by atoms with E-state index in [1.165, 1.54) is 36.0 Å². The van der Waals surface area contributed by atoms with Crippen molar-refractivity contribution in [3.05, 3.63) is 52.8 Å². The first kappa shape index (κ1) is 13.4. The van der Waals surface area contributed by atoms with E-state index in [9.17, 15) is 0 Å². The zero-order valence-electron chi connectivity index (χ0n) is 12.6. The molecule has 106 valence electrons. The first-order valence-corrected chi connectivity index (χ1v) is 7.46. The third-order valence-corrected chi connectivity index (χ3v) is 4.47. The van der Waals surface area contributed by atoms with Crippen LogP contribution in [-0.4, -0.2) is 16.8 Å². The van der Waals surface area contributed by atoms with Crippen molar-refractivity contribution < 1.29 is 0 Å². The molecule has 0 bridgehead atoms. The minimum absolute atomic E-state index is 0.226. The Labute approximate surface area is 121 Å². The number of hydrogen-bond donors (Lipinski definition) is 1. The van der Waals surface area contributed by atoms with E-state index < -0.39 is 0 Å². The van der Waals surface area contributed by atoms with Crippen molar-refractivity contribution in [1.82, 2.24) is 15.1 Å². The summed E-state index contributed by atoms with van der Waals surface area (Å²) >= 11 is 0. The molecule has 0 saturated heterocycles. The molecule has 0 spiro atoms. The van der Waals surface area contributed by atoms with Gasteiger partial charge in [0, 0.05) is 18.8 Å². The molecule has 1 aromatic carbocycles. The van der Waals surface area contributed by atoms with E-state index in [0.717, 1.165) is 11.6 Å². The smallest absolute Gasteiger partial charge is 0.0644 e. The molecule has 3 heteroatoms. The highest BCUT2D eigenvalue weighted by atomic mass is 15.3. The number of aryl methyl sites for hydroxylation is 2. The zero-order valence-corrected chi connectivity index (χ0v) is 12.6. The first-order chi connectivity index (χ1) is 9.69. The molecule has 1 saturated carbocycles. The highest BCUT2D eigenvalue weighted by molar-refractivity contribution is 5.36. The topological polar surface area (TPSA) is 29.9 Å². The third-order valence-electron chi connectivity index (χ3n) is 4.47. The monoisotopic (exact) mass is 269 g/mol. The van der Waals surface area contributed by atoms with E-state index in [0.29, 0.717) is 0 Å². The maximum absolute atomic E-state index is 4.47. The van der Waals surface area contributed by atoms with Crippen LogP contribution in [0.2, 0.25) is 0 Å². The Kier molecular flexibility index (Phi) is 3.62. The second-order valence-corrected chi connectivity index (χ2v) is 5.86. The van der Waals surface area contributed by atoms with Crippen LogP contribution in [0.1, 0.15) is 53.6 Å². The summed E-state index contributed by atoms with van der Waals surface area (Å²) in [6.07, 6.45) is 6.19. The molecule has 1 unspecified atom stereocenters. The molecule has 1 aliphatic carbocycles. The van der Waals surface area contributed by atoms with E-state index in [4.69, 9.17) is 0 Å². The maximum atomic E-state index is 4.47. The SMILES string of the molecule is CNC(c1cccc(C2CCC2)c1)c1cn(C)nc1C. The minimum atomic E-state index is 0.226. The van der Waals surface area contributed by atoms with Crippen LogP contribution >= 0.6 is 0 Å². The van der Waals surface area contributed by atoms with Gasteiger partial charge in [-0.3, -0.25) is 4.68 Å². The van der Waals surface area contributed by atoms with Crippen LogP contribution in [0.25, 0.3) is 0 Å². The molecule has 1 heterocycles. The second kappa shape index (κ2) is 5.41. The molecular formula is C17H23N3. The van der Waals surface area contributed by atoms with Crippen molar-refractivity contribution in [1.29, 1.82) is 0 Å². The number of nitrogens with zero attached hydrogens (tertiary/aromatic N) is 2. The lowest BCUT2D eigenvalue weighted by Crippen LogP contribution is -2.19. The number of nitrogens with one attached hydrogen (secondary N) is 1. The number of benzene rings is 1. The molecule has 3 nitrogen and oxygen atoms in total. The minimum Gasteiger partial charge on any atom is -0.309 e. The maximum Gasteiger partial charge on any atom is 0.0644 e. The molecule has 0 radical (unpaired) electrons. The summed E-state index contributed by atoms with van der Waals surface area (Å²) in [5.41, 5.74) is 5.20. The summed E-state index contributed by atoms with van der Waals surface area (Å²) in [6, 6.07) is 9.28. The van der Waals surface area contributed by atoms with Crippen molar-refractivity contribution in [2.75, 3.05) is 7.05 Å². The largest absolute Gasteiger partial charge is 0.309 e. The summed E-state index contributed by atoms with van der Waals surface area (Å²) in [5.74, 6) is 0.780. The van der Waals surface area contributed by atoms with Crippen molar-refractivity contribution in [2.24, 2.45) is 7.05 Å². The normalized spacial score (nSPS) is 16.9. The van der Waals surface area contributed by atoms with Crippen molar-refractivity contribution in [3.63, 3.8) is 0 Å². The van der Waals surface area contributed by atoms with Gasteiger partial charge < -0.3 is 5.32 Å². The van der Waals surface area contributed by atoms with Crippen LogP contribution in [0.4, 0.5) is 0 Å². The standard InChI is InChI=1S/C17H23N3/c1-12-16(11-20(3)19-12)17(18-2)15-9-5-8-14(10-15)13-6-4-7-13/h5,8-11,13,17-18H,4,6-7H2,1-3H3. The molecule has 0 aliphatic heterocycles. The van der Waals surface area contributed by atoms with Crippen LogP contribution in [-0.2, 0) is 7.05 Å². The molecule has 1 fully saturated rings. The Morgan fingerprint density at radius 3 is 2.70 bits per heavy atom. The first-order valence-electron chi connectivity index (χ1n) is 7.46. The molecule has 1 aliphatic rings. The van der Waals surface area contributed by atoms with Gasteiger partial charge >= 0.3 is 0 Å². The Hall–Kier alpha value is -1.61. The third kappa shape index (κ3) is 2.38. The van der Waals surface area contributed by atoms with E-state index in [1.54, 1.807) is 0 Å². The molecule has 1 N–H and O–H groups in total. The van der Waals surface area contributed by atoms with Gasteiger partial charge in [0.1, 0.15) is 0 Å². The molecule has 3 rings (SSSR count). The highest BCUT2D eigenvalue weighted by Gasteiger charge is 2.22. The number of hydrogen-bond acceptors (Lipinski definition) is 2. The Balaban J connectivity index is 1.94. The lowest BCUT2D eigenvalue weighted by molar-refractivity contribution is 0.419. The van der Waals surface area contributed by atoms with Gasteiger partial charge in [0.25, 0.3) is 0 Å². The Bertz CT molecular complexity index is 596. The van der Waals surface area contributed by atoms with E-state index >= 15 is 0 Å². The van der Waals surface area contributed by atoms with E-state index in [2.05, 4.69) is 47.8 Å². The quantitative estimate of drug-likeness (QED) is 0.923. The summed E-state index contributed by atoms with van der Waals surface area (Å²) < 4.78 is 1.89. The van der Waals surface area contributed by atoms with Gasteiger partial charge in [-0.15, -0.1) is 0 Å². The van der Waals surface area contributed by atoms with Crippen LogP contribution in [0.3, 0.4) is 0 Å². The second-order valence-electron chi connectivity index (χ2n) is 5.86. The molecule has 1 atom stereocenters. The summed E-state index contributed by atoms with van der Waals surface area (Å²) in [6.45, 7) is 2.08. The zero-order chi connectivity index (χ0) is 14.1. The van der Waals surface area contributed by atoms with Gasteiger partial charge in [-0.25, -0.2) is 0 Å². The lowest BCUT2D eigenvalue weighted by atomic mass is 9.79. The van der Waals surface area contributed by atoms with Gasteiger partial charge in [0.15, 0.2) is 0 Å². The Morgan fingerprint density at radius 2 is 2.15 bits per heavy atom. The fourth-order valence-corrected chi connectivity index (χ4v) is 3.14. The summed E-state index contributed by atoms with van der Waals surface area (Å²) in [5, 5.41) is 7.90. The molecule has 0 amide bonds. The van der Waals surface area contributed by atoms with Crippen LogP contribution in [0.15, 0.2) is 30.5 Å². The van der Waals surface area contributed by atoms with Gasteiger partial charge in [0.05, 0.1) is 11.7 Å². The summed E-state index contributed by atoms with van der Waals surface area (Å²) in [7, 11) is 4.00. The molecule has 2 aromatic rings. The molecular weight excluding hydrogens is 246 g/mol. The van der Waals surface area contributed by atoms with Gasteiger partial charge in [-0.2, -0.15) is 5.10 Å². The van der Waals surface area contributed by atoms with E-state index in [1.807, 2.05) is 18.8 Å². The van der Waals surface area contributed by atoms with Gasteiger partial charge in [-0.05, 0) is 43.9 Å². The van der Waals surface area contributed by atoms with Crippen molar-refractivity contribution in [3.8, 4) is 0 Å². The van der Waals surface area contributed by atoms with Crippen LogP contribution in [0, 0.1) is 6.92 Å². The molecule has 1 aromatic heterocycles. The number of aromatic nitrogens is 2. The van der Waals surface area contributed by atoms with E-state index in [-0.39, 0.29) is 6.04 Å². The van der Waals surface area contributed by atoms with Gasteiger partial charge in [-0.1, -0.05) is 30.7 Å². The van der Waals surface area contributed by atoms with Crippen molar-refractivity contribution >= 4 is 0 Å². The number of rotatable bonds is 4. The predicted molar refractivity (Wildman–Crippen MR) is 81.9 cm³/mol. The average molecular weight is 269 g/mol. The fraction of sp³-hybridized carbons (Fsp3) is 0.471. The van der Waals surface area contributed by atoms with Crippen molar-refractivity contribution in [2.45, 2.75) is 38.1 Å². The van der Waals surface area contributed by atoms with Crippen LogP contribution < -0.4 is 5.32 Å². The highest BCUT2D eigenvalue weighted by Crippen LogP contribution is 2.37. The van der Waals surface area contributed by atoms with Gasteiger partial charge in [0.2, 0.25) is 0 Å². The predicted octanol–water partition coefficient (Wildman–Crippen LogP) is 3.30. The van der Waals surface area contributed by atoms with Crippen LogP contribution in [0.5, 0.6) is 0 Å². The average Bonchev–Trinajstić information content (AvgIpc) is 2.68. The Morgan fingerprint density at radius 1 is 1.35 bits per heavy atom. The molecule has 20 heavy (non-hydrogen) atoms. The lowest BCUT2D eigenvalue weighted by Gasteiger charge is -2.27. The summed E-state index contributed by atoms with van der Waals surface area (Å²) in [4.78, 5) is 0.